The van der Waals surface area contributed by atoms with Gasteiger partial charge < -0.3 is 0 Å². The minimum atomic E-state index is -2.00. The first-order chi connectivity index (χ1) is 12.9. The average molecular weight is 377 g/mol. The molecule has 0 aromatic heterocycles. The van der Waals surface area contributed by atoms with E-state index in [4.69, 9.17) is 0 Å². The van der Waals surface area contributed by atoms with Gasteiger partial charge in [-0.25, -0.2) is 0 Å². The largest absolute Gasteiger partial charge is 0.295 e. The average Bonchev–Trinajstić information content (AvgIpc) is 2.97. The summed E-state index contributed by atoms with van der Waals surface area (Å²) in [4.78, 5) is 12.2. The summed E-state index contributed by atoms with van der Waals surface area (Å²) in [6.45, 7) is 9.36. The maximum absolute atomic E-state index is 12.2. The zero-order valence-electron chi connectivity index (χ0n) is 17.2. The van der Waals surface area contributed by atoms with Crippen LogP contribution >= 0.6 is 0 Å². The molecule has 0 unspecified atom stereocenters. The topological polar surface area (TPSA) is 17.1 Å². The summed E-state index contributed by atoms with van der Waals surface area (Å²) in [5, 5.41) is 3.21. The van der Waals surface area contributed by atoms with Crippen molar-refractivity contribution in [1.29, 1.82) is 0 Å². The summed E-state index contributed by atoms with van der Waals surface area (Å²) in [6.07, 6.45) is 3.72. The lowest BCUT2D eigenvalue weighted by molar-refractivity contribution is -0.115. The van der Waals surface area contributed by atoms with Gasteiger partial charge in [-0.15, -0.1) is 0 Å². The molecule has 0 saturated carbocycles. The molecule has 0 atom stereocenters. The molecule has 2 aromatic rings. The number of carbonyl (C=O) groups excluding carboxylic acids is 1. The molecule has 142 valence electrons. The zero-order chi connectivity index (χ0) is 19.5. The smallest absolute Gasteiger partial charge is 0.159 e. The molecule has 0 saturated heterocycles. The van der Waals surface area contributed by atoms with Gasteiger partial charge in [0.2, 0.25) is 0 Å². The summed E-state index contributed by atoms with van der Waals surface area (Å²) in [5.41, 5.74) is 2.44. The third-order valence-corrected chi connectivity index (χ3v) is 12.7. The van der Waals surface area contributed by atoms with Gasteiger partial charge in [-0.05, 0) is 36.4 Å². The maximum Gasteiger partial charge on any atom is 0.159 e. The second kappa shape index (κ2) is 7.98. The number of rotatable bonds is 6. The van der Waals surface area contributed by atoms with E-state index >= 15 is 0 Å². The van der Waals surface area contributed by atoms with E-state index < -0.39 is 8.07 Å². The highest BCUT2D eigenvalue weighted by molar-refractivity contribution is 7.04. The summed E-state index contributed by atoms with van der Waals surface area (Å²) in [5.74, 6) is 0.384. The molecule has 3 rings (SSSR count). The van der Waals surface area contributed by atoms with E-state index in [-0.39, 0.29) is 5.04 Å². The van der Waals surface area contributed by atoms with Crippen LogP contribution in [0.5, 0.6) is 0 Å². The molecule has 1 nitrogen and oxygen atoms in total. The molecular weight excluding hydrogens is 344 g/mol. The van der Waals surface area contributed by atoms with Gasteiger partial charge >= 0.3 is 0 Å². The molecular formula is C25H32OSi. The van der Waals surface area contributed by atoms with E-state index in [1.54, 1.807) is 0 Å². The summed E-state index contributed by atoms with van der Waals surface area (Å²) < 4.78 is 0. The lowest BCUT2D eigenvalue weighted by Gasteiger charge is -2.44. The molecule has 0 amide bonds. The van der Waals surface area contributed by atoms with Crippen LogP contribution in [0.15, 0.2) is 71.8 Å². The number of carbonyl (C=O) groups is 1. The van der Waals surface area contributed by atoms with Crippen LogP contribution in [0, 0.1) is 0 Å². The predicted octanol–water partition coefficient (Wildman–Crippen LogP) is 5.51. The Labute approximate surface area is 165 Å². The molecule has 0 N–H and O–H groups in total. The minimum Gasteiger partial charge on any atom is -0.295 e. The molecule has 0 heterocycles. The number of hydrogen-bond acceptors (Lipinski definition) is 1. The van der Waals surface area contributed by atoms with Gasteiger partial charge in [0.15, 0.2) is 5.78 Å². The van der Waals surface area contributed by atoms with Gasteiger partial charge in [0.05, 0.1) is 0 Å². The van der Waals surface area contributed by atoms with Crippen molar-refractivity contribution in [2.24, 2.45) is 0 Å². The van der Waals surface area contributed by atoms with Crippen molar-refractivity contribution in [1.82, 2.24) is 0 Å². The van der Waals surface area contributed by atoms with Crippen molar-refractivity contribution in [3.63, 3.8) is 0 Å². The van der Waals surface area contributed by atoms with E-state index in [0.717, 1.165) is 31.3 Å². The Kier molecular flexibility index (Phi) is 5.85. The van der Waals surface area contributed by atoms with Gasteiger partial charge in [0.1, 0.15) is 8.07 Å². The van der Waals surface area contributed by atoms with E-state index in [2.05, 4.69) is 88.4 Å². The minimum absolute atomic E-state index is 0.193. The molecule has 0 fully saturated rings. The van der Waals surface area contributed by atoms with Gasteiger partial charge in [-0.3, -0.25) is 4.79 Å². The van der Waals surface area contributed by atoms with Crippen molar-refractivity contribution in [2.45, 2.75) is 64.5 Å². The van der Waals surface area contributed by atoms with E-state index in [1.807, 2.05) is 0 Å². The molecule has 27 heavy (non-hydrogen) atoms. The van der Waals surface area contributed by atoms with Gasteiger partial charge in [0, 0.05) is 6.42 Å². The Bertz CT molecular complexity index is 773. The standard InChI is InChI=1S/C25H32OSi/c1-20-17-18-24(26)23(20)16-11-19-27(25(2,3)4,21-12-7-5-8-13-21)22-14-9-6-10-15-22/h5-10,12-15H,11,16-19H2,1-4H3. The Hall–Kier alpha value is -1.93. The van der Waals surface area contributed by atoms with Crippen LogP contribution in [0.4, 0.5) is 0 Å². The first-order valence-electron chi connectivity index (χ1n) is 10.2. The Balaban J connectivity index is 1.99. The number of benzene rings is 2. The van der Waals surface area contributed by atoms with Gasteiger partial charge in [-0.2, -0.15) is 0 Å². The van der Waals surface area contributed by atoms with Crippen molar-refractivity contribution in [3.05, 3.63) is 71.8 Å². The van der Waals surface area contributed by atoms with Crippen LogP contribution in [0.3, 0.4) is 0 Å². The zero-order valence-corrected chi connectivity index (χ0v) is 18.2. The third kappa shape index (κ3) is 3.86. The Morgan fingerprint density at radius 1 is 0.852 bits per heavy atom. The molecule has 1 aliphatic carbocycles. The SMILES string of the molecule is CC1=C(CCC[Si](c2ccccc2)(c2ccccc2)C(C)(C)C)C(=O)CC1. The maximum atomic E-state index is 12.2. The van der Waals surface area contributed by atoms with Crippen molar-refractivity contribution in [3.8, 4) is 0 Å². The number of allylic oxidation sites excluding steroid dienone is 2. The second-order valence-corrected chi connectivity index (χ2v) is 13.9. The van der Waals surface area contributed by atoms with Crippen molar-refractivity contribution in [2.75, 3.05) is 0 Å². The molecule has 1 aliphatic rings. The van der Waals surface area contributed by atoms with Crippen LogP contribution in [-0.4, -0.2) is 13.9 Å². The van der Waals surface area contributed by atoms with E-state index in [9.17, 15) is 4.79 Å². The molecule has 2 heteroatoms. The fourth-order valence-corrected chi connectivity index (χ4v) is 10.5. The first kappa shape index (κ1) is 19.8. The van der Waals surface area contributed by atoms with Crippen LogP contribution < -0.4 is 10.4 Å². The normalized spacial score (nSPS) is 15.5. The highest BCUT2D eigenvalue weighted by Crippen LogP contribution is 2.40. The highest BCUT2D eigenvalue weighted by Gasteiger charge is 2.46. The quantitative estimate of drug-likeness (QED) is 0.608. The third-order valence-electron chi connectivity index (χ3n) is 6.37. The van der Waals surface area contributed by atoms with Crippen molar-refractivity contribution < 1.29 is 4.79 Å². The van der Waals surface area contributed by atoms with Crippen molar-refractivity contribution >= 4 is 24.2 Å². The molecule has 0 aliphatic heterocycles. The van der Waals surface area contributed by atoms with Crippen LogP contribution in [-0.2, 0) is 4.79 Å². The Morgan fingerprint density at radius 2 is 1.37 bits per heavy atom. The van der Waals surface area contributed by atoms with Crippen LogP contribution in [0.25, 0.3) is 0 Å². The van der Waals surface area contributed by atoms with Crippen LogP contribution in [0.2, 0.25) is 11.1 Å². The van der Waals surface area contributed by atoms with E-state index in [0.29, 0.717) is 5.78 Å². The number of hydrogen-bond donors (Lipinski definition) is 0. The molecule has 0 spiro atoms. The highest BCUT2D eigenvalue weighted by atomic mass is 28.3. The number of ketones is 1. The van der Waals surface area contributed by atoms with Gasteiger partial charge in [0.25, 0.3) is 0 Å². The fourth-order valence-electron chi connectivity index (χ4n) is 4.87. The fraction of sp³-hybridized carbons (Fsp3) is 0.400. The van der Waals surface area contributed by atoms with Gasteiger partial charge in [-0.1, -0.05) is 104 Å². The molecule has 2 aromatic carbocycles. The predicted molar refractivity (Wildman–Crippen MR) is 119 cm³/mol. The first-order valence-corrected chi connectivity index (χ1v) is 12.4. The lowest BCUT2D eigenvalue weighted by Crippen LogP contribution is -2.64. The monoisotopic (exact) mass is 376 g/mol. The van der Waals surface area contributed by atoms with Crippen LogP contribution in [0.1, 0.15) is 53.4 Å². The lowest BCUT2D eigenvalue weighted by atomic mass is 10.1. The molecule has 0 radical (unpaired) electrons. The second-order valence-electron chi connectivity index (χ2n) is 8.92. The molecule has 0 bridgehead atoms. The summed E-state index contributed by atoms with van der Waals surface area (Å²) >= 11 is 0. The number of Topliss-reactive ketones (excluding diaryl/α,β-unsaturated/α-hetero) is 1. The Morgan fingerprint density at radius 3 is 1.78 bits per heavy atom. The van der Waals surface area contributed by atoms with E-state index in [1.165, 1.54) is 22.0 Å². The summed E-state index contributed by atoms with van der Waals surface area (Å²) in [6, 6.07) is 23.4. The summed E-state index contributed by atoms with van der Waals surface area (Å²) in [7, 11) is -2.00.